The topological polar surface area (TPSA) is 76.5 Å². The van der Waals surface area contributed by atoms with Gasteiger partial charge < -0.3 is 26.4 Å². The van der Waals surface area contributed by atoms with Crippen molar-refractivity contribution in [2.24, 2.45) is 0 Å². The first-order chi connectivity index (χ1) is 11.7. The number of nitrogens with zero attached hydrogens (tertiary/aromatic N) is 1. The van der Waals surface area contributed by atoms with E-state index >= 15 is 0 Å². The van der Waals surface area contributed by atoms with Gasteiger partial charge in [-0.2, -0.15) is 0 Å². The lowest BCUT2D eigenvalue weighted by Crippen LogP contribution is -2.18. The molecule has 1 aliphatic heterocycles. The summed E-state index contributed by atoms with van der Waals surface area (Å²) in [5.41, 5.74) is 15.3. The first kappa shape index (κ1) is 17.9. The Hall–Kier alpha value is -2.40. The highest BCUT2D eigenvalue weighted by molar-refractivity contribution is 5.67. The van der Waals surface area contributed by atoms with E-state index in [2.05, 4.69) is 16.3 Å². The van der Waals surface area contributed by atoms with E-state index in [-0.39, 0.29) is 0 Å². The first-order valence-corrected chi connectivity index (χ1v) is 8.38. The van der Waals surface area contributed by atoms with Gasteiger partial charge in [0, 0.05) is 38.1 Å². The fourth-order valence-electron chi connectivity index (χ4n) is 2.63. The number of methoxy groups -OCH3 is 1. The largest absolute Gasteiger partial charge is 0.399 e. The lowest BCUT2D eigenvalue weighted by atomic mass is 10.2. The van der Waals surface area contributed by atoms with Crippen LogP contribution in [0.4, 0.5) is 22.7 Å². The molecule has 5 heteroatoms. The molecular weight excluding hydrogens is 300 g/mol. The summed E-state index contributed by atoms with van der Waals surface area (Å²) in [6.45, 7) is 3.85. The van der Waals surface area contributed by atoms with Crippen molar-refractivity contribution in [1.29, 1.82) is 0 Å². The van der Waals surface area contributed by atoms with Crippen LogP contribution in [0.1, 0.15) is 12.8 Å². The molecule has 0 radical (unpaired) electrons. The number of benzene rings is 2. The fourth-order valence-corrected chi connectivity index (χ4v) is 2.63. The van der Waals surface area contributed by atoms with Crippen LogP contribution in [-0.2, 0) is 4.74 Å². The molecular formula is C19H28N4O. The minimum atomic E-state index is 0.713. The molecule has 5 nitrogen and oxygen atoms in total. The maximum absolute atomic E-state index is 5.86. The molecule has 2 aromatic carbocycles. The highest BCUT2D eigenvalue weighted by atomic mass is 16.5. The van der Waals surface area contributed by atoms with Gasteiger partial charge in [-0.05, 0) is 49.2 Å². The molecule has 1 heterocycles. The van der Waals surface area contributed by atoms with Crippen molar-refractivity contribution in [1.82, 2.24) is 0 Å². The summed E-state index contributed by atoms with van der Waals surface area (Å²) in [6, 6.07) is 15.7. The number of ether oxygens (including phenoxy) is 1. The maximum Gasteiger partial charge on any atom is 0.0635 e. The molecule has 0 amide bonds. The molecule has 2 aromatic rings. The molecule has 24 heavy (non-hydrogen) atoms. The number of nitrogens with one attached hydrogen (secondary N) is 1. The van der Waals surface area contributed by atoms with Crippen molar-refractivity contribution in [3.05, 3.63) is 48.5 Å². The molecule has 3 rings (SSSR count). The highest BCUT2D eigenvalue weighted by Crippen LogP contribution is 2.25. The van der Waals surface area contributed by atoms with E-state index in [0.29, 0.717) is 6.61 Å². The molecule has 1 aliphatic rings. The Labute approximate surface area is 144 Å². The Balaban J connectivity index is 0.000000174. The Morgan fingerprint density at radius 3 is 2.29 bits per heavy atom. The second-order valence-electron chi connectivity index (χ2n) is 5.79. The van der Waals surface area contributed by atoms with Crippen LogP contribution in [0.15, 0.2) is 48.5 Å². The van der Waals surface area contributed by atoms with Crippen molar-refractivity contribution in [3.8, 4) is 0 Å². The number of nitrogen functional groups attached to an aromatic ring is 2. The Morgan fingerprint density at radius 2 is 1.67 bits per heavy atom. The quantitative estimate of drug-likeness (QED) is 0.580. The zero-order valence-corrected chi connectivity index (χ0v) is 14.4. The first-order valence-electron chi connectivity index (χ1n) is 8.38. The molecule has 0 atom stereocenters. The molecule has 0 aliphatic carbocycles. The van der Waals surface area contributed by atoms with Gasteiger partial charge in [0.1, 0.15) is 0 Å². The number of rotatable bonds is 5. The lowest BCUT2D eigenvalue weighted by Gasteiger charge is -2.19. The third kappa shape index (κ3) is 5.66. The minimum absolute atomic E-state index is 0.713. The predicted molar refractivity (Wildman–Crippen MR) is 104 cm³/mol. The van der Waals surface area contributed by atoms with E-state index in [1.54, 1.807) is 7.11 Å². The Bertz CT molecular complexity index is 595. The van der Waals surface area contributed by atoms with Gasteiger partial charge in [-0.1, -0.05) is 12.1 Å². The predicted octanol–water partition coefficient (Wildman–Crippen LogP) is 3.20. The van der Waals surface area contributed by atoms with Crippen molar-refractivity contribution in [3.63, 3.8) is 0 Å². The number of nitrogens with two attached hydrogens (primary N) is 2. The molecule has 1 saturated heterocycles. The number of hydrogen-bond donors (Lipinski definition) is 3. The van der Waals surface area contributed by atoms with E-state index < -0.39 is 0 Å². The van der Waals surface area contributed by atoms with Gasteiger partial charge in [0.15, 0.2) is 0 Å². The molecule has 0 spiro atoms. The normalized spacial score (nSPS) is 13.3. The van der Waals surface area contributed by atoms with Crippen molar-refractivity contribution < 1.29 is 4.74 Å². The summed E-state index contributed by atoms with van der Waals surface area (Å²) in [4.78, 5) is 2.36. The van der Waals surface area contributed by atoms with Gasteiger partial charge in [-0.15, -0.1) is 0 Å². The van der Waals surface area contributed by atoms with Gasteiger partial charge >= 0.3 is 0 Å². The van der Waals surface area contributed by atoms with Crippen LogP contribution in [0.5, 0.6) is 0 Å². The SMILES string of the molecule is COCCNc1ccc(N)cc1.Nc1ccccc1N1CCCC1. The standard InChI is InChI=1S/C10H14N2.C9H14N2O/c11-9-5-1-2-6-10(9)12-7-3-4-8-12;1-12-7-6-11-9-4-2-8(10)3-5-9/h1-2,5-6H,3-4,7-8,11H2;2-5,11H,6-7,10H2,1H3. The van der Waals surface area contributed by atoms with Crippen LogP contribution in [0.2, 0.25) is 0 Å². The summed E-state index contributed by atoms with van der Waals surface area (Å²) in [5.74, 6) is 0. The second-order valence-corrected chi connectivity index (χ2v) is 5.79. The molecule has 130 valence electrons. The van der Waals surface area contributed by atoms with Crippen LogP contribution in [-0.4, -0.2) is 33.4 Å². The number of para-hydroxylation sites is 2. The summed E-state index contributed by atoms with van der Waals surface area (Å²) in [6.07, 6.45) is 2.60. The number of anilines is 4. The smallest absolute Gasteiger partial charge is 0.0635 e. The fraction of sp³-hybridized carbons (Fsp3) is 0.368. The van der Waals surface area contributed by atoms with Crippen LogP contribution < -0.4 is 21.7 Å². The van der Waals surface area contributed by atoms with Crippen LogP contribution in [0.3, 0.4) is 0 Å². The highest BCUT2D eigenvalue weighted by Gasteiger charge is 2.13. The van der Waals surface area contributed by atoms with Crippen molar-refractivity contribution in [2.75, 3.05) is 55.0 Å². The zero-order valence-electron chi connectivity index (χ0n) is 14.4. The van der Waals surface area contributed by atoms with Gasteiger partial charge in [0.25, 0.3) is 0 Å². The van der Waals surface area contributed by atoms with E-state index in [1.807, 2.05) is 42.5 Å². The van der Waals surface area contributed by atoms with Gasteiger partial charge in [-0.25, -0.2) is 0 Å². The summed E-state index contributed by atoms with van der Waals surface area (Å²) < 4.78 is 4.90. The van der Waals surface area contributed by atoms with Gasteiger partial charge in [0.05, 0.1) is 18.0 Å². The third-order valence-electron chi connectivity index (χ3n) is 3.93. The Kier molecular flexibility index (Phi) is 7.23. The third-order valence-corrected chi connectivity index (χ3v) is 3.93. The average Bonchev–Trinajstić information content (AvgIpc) is 3.12. The van der Waals surface area contributed by atoms with E-state index in [1.165, 1.54) is 18.5 Å². The summed E-state index contributed by atoms with van der Waals surface area (Å²) in [5, 5.41) is 3.19. The number of hydrogen-bond acceptors (Lipinski definition) is 5. The van der Waals surface area contributed by atoms with Crippen molar-refractivity contribution in [2.45, 2.75) is 12.8 Å². The average molecular weight is 328 g/mol. The molecule has 0 bridgehead atoms. The van der Waals surface area contributed by atoms with Crippen molar-refractivity contribution >= 4 is 22.7 Å². The summed E-state index contributed by atoms with van der Waals surface area (Å²) in [7, 11) is 1.69. The lowest BCUT2D eigenvalue weighted by molar-refractivity contribution is 0.211. The molecule has 1 fully saturated rings. The summed E-state index contributed by atoms with van der Waals surface area (Å²) >= 11 is 0. The second kappa shape index (κ2) is 9.67. The molecule has 0 saturated carbocycles. The Morgan fingerprint density at radius 1 is 1.00 bits per heavy atom. The van der Waals surface area contributed by atoms with E-state index in [0.717, 1.165) is 36.7 Å². The van der Waals surface area contributed by atoms with Gasteiger partial charge in [0.2, 0.25) is 0 Å². The minimum Gasteiger partial charge on any atom is -0.399 e. The molecule has 0 aromatic heterocycles. The van der Waals surface area contributed by atoms with Crippen LogP contribution >= 0.6 is 0 Å². The van der Waals surface area contributed by atoms with E-state index in [4.69, 9.17) is 16.2 Å². The van der Waals surface area contributed by atoms with E-state index in [9.17, 15) is 0 Å². The monoisotopic (exact) mass is 328 g/mol. The molecule has 0 unspecified atom stereocenters. The molecule has 5 N–H and O–H groups in total. The zero-order chi connectivity index (χ0) is 17.2. The van der Waals surface area contributed by atoms with Gasteiger partial charge in [-0.3, -0.25) is 0 Å². The maximum atomic E-state index is 5.86. The van der Waals surface area contributed by atoms with Crippen LogP contribution in [0, 0.1) is 0 Å². The van der Waals surface area contributed by atoms with Crippen LogP contribution in [0.25, 0.3) is 0 Å².